The Morgan fingerprint density at radius 2 is 2.12 bits per heavy atom. The summed E-state index contributed by atoms with van der Waals surface area (Å²) in [5.41, 5.74) is 1.56. The number of esters is 1. The van der Waals surface area contributed by atoms with Crippen molar-refractivity contribution in [1.82, 2.24) is 9.97 Å². The van der Waals surface area contributed by atoms with Gasteiger partial charge in [-0.2, -0.15) is 4.98 Å². The number of aromatic nitrogens is 2. The van der Waals surface area contributed by atoms with E-state index < -0.39 is 0 Å². The van der Waals surface area contributed by atoms with Crippen LogP contribution in [-0.2, 0) is 20.7 Å². The van der Waals surface area contributed by atoms with Crippen LogP contribution in [0, 0.1) is 5.92 Å². The molecule has 26 heavy (non-hydrogen) atoms. The third-order valence-corrected chi connectivity index (χ3v) is 3.42. The highest BCUT2D eigenvalue weighted by atomic mass is 35.5. The molecule has 0 aliphatic rings. The smallest absolute Gasteiger partial charge is 0.332 e. The molecular weight excluding hydrogens is 358 g/mol. The standard InChI is InChI=1S/C18H28ClN3O4/c1-5-7-14-15(21-18(19)22-17(14)24-4)10-20-8-6-9-25-12-16(23)26-11-13(2)3/h10,13H,5-9,11-12H2,1-4H3/b20-10-. The fraction of sp³-hybridized carbons (Fsp3) is 0.667. The average molecular weight is 386 g/mol. The number of nitrogens with zero attached hydrogens (tertiary/aromatic N) is 3. The van der Waals surface area contributed by atoms with Gasteiger partial charge >= 0.3 is 5.97 Å². The first-order valence-electron chi connectivity index (χ1n) is 8.81. The number of carbonyl (C=O) groups excluding carboxylic acids is 1. The highest BCUT2D eigenvalue weighted by Gasteiger charge is 2.12. The van der Waals surface area contributed by atoms with Crippen molar-refractivity contribution in [3.05, 3.63) is 16.5 Å². The van der Waals surface area contributed by atoms with Crippen molar-refractivity contribution in [3.8, 4) is 5.88 Å². The van der Waals surface area contributed by atoms with E-state index in [-0.39, 0.29) is 17.9 Å². The molecule has 1 aromatic heterocycles. The van der Waals surface area contributed by atoms with Crippen LogP contribution in [0.1, 0.15) is 44.9 Å². The Kier molecular flexibility index (Phi) is 10.8. The van der Waals surface area contributed by atoms with Crippen LogP contribution in [0.15, 0.2) is 4.99 Å². The number of methoxy groups -OCH3 is 1. The lowest BCUT2D eigenvalue weighted by molar-refractivity contribution is -0.150. The number of halogens is 1. The summed E-state index contributed by atoms with van der Waals surface area (Å²) in [6.45, 7) is 7.41. The van der Waals surface area contributed by atoms with Gasteiger partial charge in [0.05, 0.1) is 19.4 Å². The van der Waals surface area contributed by atoms with Crippen LogP contribution in [0.3, 0.4) is 0 Å². The van der Waals surface area contributed by atoms with E-state index in [0.29, 0.717) is 43.7 Å². The zero-order chi connectivity index (χ0) is 19.4. The number of rotatable bonds is 12. The van der Waals surface area contributed by atoms with E-state index in [4.69, 9.17) is 25.8 Å². The van der Waals surface area contributed by atoms with Crippen LogP contribution in [0.4, 0.5) is 0 Å². The first-order valence-corrected chi connectivity index (χ1v) is 9.19. The van der Waals surface area contributed by atoms with Crippen LogP contribution in [0.5, 0.6) is 5.88 Å². The Bertz CT molecular complexity index is 594. The SMILES string of the molecule is CCCc1c(/C=N\CCCOCC(=O)OCC(C)C)nc(Cl)nc1OC. The van der Waals surface area contributed by atoms with Gasteiger partial charge in [0.1, 0.15) is 6.61 Å². The third kappa shape index (κ3) is 8.58. The number of ether oxygens (including phenoxy) is 3. The summed E-state index contributed by atoms with van der Waals surface area (Å²) in [7, 11) is 1.56. The fourth-order valence-electron chi connectivity index (χ4n) is 2.08. The lowest BCUT2D eigenvalue weighted by Crippen LogP contribution is -2.16. The van der Waals surface area contributed by atoms with Gasteiger partial charge in [0, 0.05) is 24.9 Å². The minimum atomic E-state index is -0.339. The lowest BCUT2D eigenvalue weighted by atomic mass is 10.1. The molecule has 0 aromatic carbocycles. The molecule has 8 heteroatoms. The number of hydrogen-bond acceptors (Lipinski definition) is 7. The lowest BCUT2D eigenvalue weighted by Gasteiger charge is -2.09. The van der Waals surface area contributed by atoms with Crippen LogP contribution in [0.25, 0.3) is 0 Å². The van der Waals surface area contributed by atoms with Gasteiger partial charge in [-0.1, -0.05) is 27.2 Å². The van der Waals surface area contributed by atoms with E-state index in [1.165, 1.54) is 0 Å². The third-order valence-electron chi connectivity index (χ3n) is 3.25. The van der Waals surface area contributed by atoms with Crippen molar-refractivity contribution in [2.75, 3.05) is 33.5 Å². The molecule has 0 aliphatic heterocycles. The summed E-state index contributed by atoms with van der Waals surface area (Å²) in [5.74, 6) is 0.463. The molecule has 146 valence electrons. The van der Waals surface area contributed by atoms with E-state index >= 15 is 0 Å². The molecule has 7 nitrogen and oxygen atoms in total. The molecule has 0 aliphatic carbocycles. The molecule has 0 radical (unpaired) electrons. The normalized spacial score (nSPS) is 11.3. The maximum Gasteiger partial charge on any atom is 0.332 e. The maximum absolute atomic E-state index is 11.4. The van der Waals surface area contributed by atoms with Crippen molar-refractivity contribution < 1.29 is 19.0 Å². The molecular formula is C18H28ClN3O4. The van der Waals surface area contributed by atoms with E-state index in [1.807, 2.05) is 13.8 Å². The molecule has 0 atom stereocenters. The summed E-state index contributed by atoms with van der Waals surface area (Å²) in [4.78, 5) is 24.1. The fourth-order valence-corrected chi connectivity index (χ4v) is 2.25. The molecule has 1 aromatic rings. The summed E-state index contributed by atoms with van der Waals surface area (Å²) in [6, 6.07) is 0. The quantitative estimate of drug-likeness (QED) is 0.238. The molecule has 0 bridgehead atoms. The van der Waals surface area contributed by atoms with Crippen LogP contribution in [-0.4, -0.2) is 55.6 Å². The van der Waals surface area contributed by atoms with Gasteiger partial charge in [-0.05, 0) is 30.4 Å². The van der Waals surface area contributed by atoms with Gasteiger partial charge in [-0.25, -0.2) is 9.78 Å². The van der Waals surface area contributed by atoms with Gasteiger partial charge in [0.2, 0.25) is 11.2 Å². The van der Waals surface area contributed by atoms with Crippen molar-refractivity contribution in [2.45, 2.75) is 40.0 Å². The Hall–Kier alpha value is -1.73. The van der Waals surface area contributed by atoms with Gasteiger partial charge in [0.15, 0.2) is 0 Å². The first kappa shape index (κ1) is 22.3. The highest BCUT2D eigenvalue weighted by molar-refractivity contribution is 6.28. The van der Waals surface area contributed by atoms with Crippen LogP contribution in [0.2, 0.25) is 5.28 Å². The summed E-state index contributed by atoms with van der Waals surface area (Å²) in [5, 5.41) is 0.131. The van der Waals surface area contributed by atoms with Gasteiger partial charge < -0.3 is 14.2 Å². The van der Waals surface area contributed by atoms with Crippen LogP contribution < -0.4 is 4.74 Å². The molecule has 1 heterocycles. The van der Waals surface area contributed by atoms with E-state index in [9.17, 15) is 4.79 Å². The second-order valence-corrected chi connectivity index (χ2v) is 6.47. The molecule has 0 unspecified atom stereocenters. The van der Waals surface area contributed by atoms with Crippen molar-refractivity contribution in [1.29, 1.82) is 0 Å². The van der Waals surface area contributed by atoms with Gasteiger partial charge in [-0.3, -0.25) is 4.99 Å². The Morgan fingerprint density at radius 3 is 2.77 bits per heavy atom. The first-order chi connectivity index (χ1) is 12.5. The zero-order valence-corrected chi connectivity index (χ0v) is 16.7. The predicted octanol–water partition coefficient (Wildman–Crippen LogP) is 3.12. The minimum absolute atomic E-state index is 0.0319. The molecule has 0 fully saturated rings. The summed E-state index contributed by atoms with van der Waals surface area (Å²) in [6.07, 6.45) is 4.08. The van der Waals surface area contributed by atoms with Crippen molar-refractivity contribution in [2.24, 2.45) is 10.9 Å². The average Bonchev–Trinajstić information content (AvgIpc) is 2.60. The molecule has 0 saturated carbocycles. The van der Waals surface area contributed by atoms with Crippen molar-refractivity contribution in [3.63, 3.8) is 0 Å². The maximum atomic E-state index is 11.4. The highest BCUT2D eigenvalue weighted by Crippen LogP contribution is 2.21. The molecule has 1 rings (SSSR count). The zero-order valence-electron chi connectivity index (χ0n) is 16.0. The number of carbonyl (C=O) groups is 1. The second kappa shape index (κ2) is 12.6. The topological polar surface area (TPSA) is 82.9 Å². The summed E-state index contributed by atoms with van der Waals surface area (Å²) >= 11 is 5.93. The molecule has 0 amide bonds. The van der Waals surface area contributed by atoms with Gasteiger partial charge in [0.25, 0.3) is 0 Å². The summed E-state index contributed by atoms with van der Waals surface area (Å²) < 4.78 is 15.6. The van der Waals surface area contributed by atoms with Gasteiger partial charge in [-0.15, -0.1) is 0 Å². The predicted molar refractivity (Wildman–Crippen MR) is 101 cm³/mol. The molecule has 0 saturated heterocycles. The monoisotopic (exact) mass is 385 g/mol. The Balaban J connectivity index is 2.40. The van der Waals surface area contributed by atoms with E-state index in [2.05, 4.69) is 21.9 Å². The number of hydrogen-bond donors (Lipinski definition) is 0. The number of aliphatic imine (C=N–C) groups is 1. The van der Waals surface area contributed by atoms with E-state index in [1.54, 1.807) is 13.3 Å². The van der Waals surface area contributed by atoms with Crippen molar-refractivity contribution >= 4 is 23.8 Å². The second-order valence-electron chi connectivity index (χ2n) is 6.13. The Labute approximate surface area is 160 Å². The minimum Gasteiger partial charge on any atom is -0.481 e. The largest absolute Gasteiger partial charge is 0.481 e. The molecule has 0 N–H and O–H groups in total. The molecule has 0 spiro atoms. The van der Waals surface area contributed by atoms with Crippen LogP contribution >= 0.6 is 11.6 Å². The van der Waals surface area contributed by atoms with E-state index in [0.717, 1.165) is 18.4 Å². The Morgan fingerprint density at radius 1 is 1.35 bits per heavy atom.